The lowest BCUT2D eigenvalue weighted by molar-refractivity contribution is -0.166. The van der Waals surface area contributed by atoms with E-state index in [4.69, 9.17) is 14.2 Å². The Bertz CT molecular complexity index is 996. The summed E-state index contributed by atoms with van der Waals surface area (Å²) < 4.78 is 16.6. The zero-order chi connectivity index (χ0) is 40.8. The van der Waals surface area contributed by atoms with E-state index in [0.717, 1.165) is 64.2 Å². The van der Waals surface area contributed by atoms with Gasteiger partial charge >= 0.3 is 17.9 Å². The molecule has 0 N–H and O–H groups in total. The second kappa shape index (κ2) is 45.1. The molecule has 56 heavy (non-hydrogen) atoms. The molecule has 0 saturated carbocycles. The van der Waals surface area contributed by atoms with Crippen LogP contribution in [0.3, 0.4) is 0 Å². The Kier molecular flexibility index (Phi) is 43.0. The van der Waals surface area contributed by atoms with Gasteiger partial charge in [-0.1, -0.05) is 217 Å². The summed E-state index contributed by atoms with van der Waals surface area (Å²) >= 11 is 0. The molecule has 0 fully saturated rings. The van der Waals surface area contributed by atoms with Crippen molar-refractivity contribution in [2.24, 2.45) is 0 Å². The highest BCUT2D eigenvalue weighted by atomic mass is 16.6. The SMILES string of the molecule is CC/C=C\C/C=C\C/C=C\C/C=C\CCC(=O)OC(COC(=O)CCCCCCCCCCC)COC(=O)CCCCCCCCCCCCCCCCCC. The van der Waals surface area contributed by atoms with Crippen LogP contribution in [-0.4, -0.2) is 37.2 Å². The van der Waals surface area contributed by atoms with E-state index in [0.29, 0.717) is 19.3 Å². The van der Waals surface area contributed by atoms with Crippen LogP contribution in [0.1, 0.15) is 233 Å². The van der Waals surface area contributed by atoms with Crippen molar-refractivity contribution >= 4 is 17.9 Å². The maximum atomic E-state index is 12.7. The predicted octanol–water partition coefficient (Wildman–Crippen LogP) is 15.1. The minimum atomic E-state index is -0.804. The molecule has 0 amide bonds. The Balaban J connectivity index is 4.39. The van der Waals surface area contributed by atoms with Gasteiger partial charge in [0.05, 0.1) is 0 Å². The highest BCUT2D eigenvalue weighted by molar-refractivity contribution is 5.71. The van der Waals surface area contributed by atoms with Crippen molar-refractivity contribution < 1.29 is 28.6 Å². The van der Waals surface area contributed by atoms with Gasteiger partial charge in [-0.3, -0.25) is 14.4 Å². The Labute approximate surface area is 346 Å². The van der Waals surface area contributed by atoms with Gasteiger partial charge < -0.3 is 14.2 Å². The number of carbonyl (C=O) groups excluding carboxylic acids is 3. The number of hydrogen-bond donors (Lipinski definition) is 0. The topological polar surface area (TPSA) is 78.9 Å². The third-order valence-corrected chi connectivity index (χ3v) is 10.1. The van der Waals surface area contributed by atoms with Crippen LogP contribution in [0.2, 0.25) is 0 Å². The fourth-order valence-corrected chi connectivity index (χ4v) is 6.57. The van der Waals surface area contributed by atoms with Crippen LogP contribution >= 0.6 is 0 Å². The number of ether oxygens (including phenoxy) is 3. The van der Waals surface area contributed by atoms with E-state index in [2.05, 4.69) is 57.2 Å². The van der Waals surface area contributed by atoms with Gasteiger partial charge in [-0.15, -0.1) is 0 Å². The maximum absolute atomic E-state index is 12.7. The molecule has 0 aromatic heterocycles. The van der Waals surface area contributed by atoms with Gasteiger partial charge in [-0.25, -0.2) is 0 Å². The molecule has 0 bridgehead atoms. The Morgan fingerprint density at radius 3 is 1.05 bits per heavy atom. The first kappa shape index (κ1) is 53.4. The number of hydrogen-bond acceptors (Lipinski definition) is 6. The summed E-state index contributed by atoms with van der Waals surface area (Å²) in [6.07, 6.45) is 52.6. The quantitative estimate of drug-likeness (QED) is 0.0265. The summed E-state index contributed by atoms with van der Waals surface area (Å²) in [7, 11) is 0. The van der Waals surface area contributed by atoms with Crippen molar-refractivity contribution in [1.29, 1.82) is 0 Å². The molecule has 6 nitrogen and oxygen atoms in total. The van der Waals surface area contributed by atoms with E-state index >= 15 is 0 Å². The highest BCUT2D eigenvalue weighted by Gasteiger charge is 2.19. The monoisotopic (exact) mass is 785 g/mol. The third-order valence-electron chi connectivity index (χ3n) is 10.1. The maximum Gasteiger partial charge on any atom is 0.306 e. The molecule has 6 heteroatoms. The van der Waals surface area contributed by atoms with Crippen LogP contribution in [0, 0.1) is 0 Å². The van der Waals surface area contributed by atoms with Gasteiger partial charge in [-0.2, -0.15) is 0 Å². The summed E-state index contributed by atoms with van der Waals surface area (Å²) in [5.74, 6) is -0.980. The molecule has 0 spiro atoms. The molecular weight excluding hydrogens is 697 g/mol. The minimum Gasteiger partial charge on any atom is -0.462 e. The van der Waals surface area contributed by atoms with Crippen molar-refractivity contribution in [1.82, 2.24) is 0 Å². The largest absolute Gasteiger partial charge is 0.462 e. The standard InChI is InChI=1S/C50H88O6/c1-4-7-10-13-16-19-21-23-24-25-27-28-31-34-37-40-43-49(52)55-46-47(45-54-48(51)42-39-36-33-30-18-15-12-9-6-3)56-50(53)44-41-38-35-32-29-26-22-20-17-14-11-8-5-2/h8,11,17,20,26,29,35,38,47H,4-7,9-10,12-16,18-19,21-25,27-28,30-34,36-37,39-46H2,1-3H3/b11-8-,20-17-,29-26-,38-35-. The lowest BCUT2D eigenvalue weighted by Gasteiger charge is -2.18. The second-order valence-corrected chi connectivity index (χ2v) is 15.6. The summed E-state index contributed by atoms with van der Waals surface area (Å²) in [4.78, 5) is 37.7. The van der Waals surface area contributed by atoms with Crippen molar-refractivity contribution in [2.75, 3.05) is 13.2 Å². The molecule has 0 aliphatic carbocycles. The number of allylic oxidation sites excluding steroid dienone is 8. The van der Waals surface area contributed by atoms with Crippen LogP contribution in [0.25, 0.3) is 0 Å². The lowest BCUT2D eigenvalue weighted by Crippen LogP contribution is -2.30. The summed E-state index contributed by atoms with van der Waals surface area (Å²) in [5, 5.41) is 0. The van der Waals surface area contributed by atoms with Crippen molar-refractivity contribution in [3.8, 4) is 0 Å². The fourth-order valence-electron chi connectivity index (χ4n) is 6.57. The van der Waals surface area contributed by atoms with Crippen molar-refractivity contribution in [3.63, 3.8) is 0 Å². The highest BCUT2D eigenvalue weighted by Crippen LogP contribution is 2.15. The van der Waals surface area contributed by atoms with E-state index < -0.39 is 6.10 Å². The first-order chi connectivity index (χ1) is 27.5. The summed E-state index contributed by atoms with van der Waals surface area (Å²) in [5.41, 5.74) is 0. The first-order valence-corrected chi connectivity index (χ1v) is 23.6. The normalized spacial score (nSPS) is 12.4. The zero-order valence-corrected chi connectivity index (χ0v) is 36.9. The molecule has 0 aliphatic heterocycles. The average molecular weight is 785 g/mol. The number of unbranched alkanes of at least 4 members (excludes halogenated alkanes) is 23. The average Bonchev–Trinajstić information content (AvgIpc) is 3.19. The van der Waals surface area contributed by atoms with E-state index in [1.807, 2.05) is 12.2 Å². The summed E-state index contributed by atoms with van der Waals surface area (Å²) in [6.45, 7) is 6.44. The molecule has 0 aromatic carbocycles. The van der Waals surface area contributed by atoms with Crippen LogP contribution in [-0.2, 0) is 28.6 Å². The third kappa shape index (κ3) is 42.5. The second-order valence-electron chi connectivity index (χ2n) is 15.6. The van der Waals surface area contributed by atoms with Gasteiger partial charge in [0.25, 0.3) is 0 Å². The van der Waals surface area contributed by atoms with Gasteiger partial charge in [0.1, 0.15) is 13.2 Å². The molecule has 0 aliphatic rings. The fraction of sp³-hybridized carbons (Fsp3) is 0.780. The van der Waals surface area contributed by atoms with Crippen LogP contribution < -0.4 is 0 Å². The van der Waals surface area contributed by atoms with Crippen LogP contribution in [0.5, 0.6) is 0 Å². The Morgan fingerprint density at radius 2 is 0.696 bits per heavy atom. The summed E-state index contributed by atoms with van der Waals surface area (Å²) in [6, 6.07) is 0. The molecule has 0 rings (SSSR count). The molecular formula is C50H88O6. The Morgan fingerprint density at radius 1 is 0.375 bits per heavy atom. The molecule has 0 aromatic rings. The molecule has 1 atom stereocenters. The molecule has 1 unspecified atom stereocenters. The number of carbonyl (C=O) groups is 3. The number of rotatable bonds is 42. The lowest BCUT2D eigenvalue weighted by atomic mass is 10.0. The van der Waals surface area contributed by atoms with E-state index in [9.17, 15) is 14.4 Å². The van der Waals surface area contributed by atoms with Gasteiger partial charge in [-0.05, 0) is 44.9 Å². The van der Waals surface area contributed by atoms with Crippen LogP contribution in [0.15, 0.2) is 48.6 Å². The number of esters is 3. The Hall–Kier alpha value is -2.63. The van der Waals surface area contributed by atoms with Gasteiger partial charge in [0, 0.05) is 19.3 Å². The van der Waals surface area contributed by atoms with Gasteiger partial charge in [0.15, 0.2) is 6.10 Å². The van der Waals surface area contributed by atoms with E-state index in [1.165, 1.54) is 122 Å². The molecule has 324 valence electrons. The van der Waals surface area contributed by atoms with Gasteiger partial charge in [0.2, 0.25) is 0 Å². The van der Waals surface area contributed by atoms with E-state index in [-0.39, 0.29) is 37.5 Å². The van der Waals surface area contributed by atoms with Crippen molar-refractivity contribution in [3.05, 3.63) is 48.6 Å². The predicted molar refractivity (Wildman–Crippen MR) is 238 cm³/mol. The minimum absolute atomic E-state index is 0.0985. The zero-order valence-electron chi connectivity index (χ0n) is 36.9. The molecule has 0 saturated heterocycles. The molecule has 0 heterocycles. The van der Waals surface area contributed by atoms with Crippen molar-refractivity contribution in [2.45, 2.75) is 239 Å². The van der Waals surface area contributed by atoms with Crippen LogP contribution in [0.4, 0.5) is 0 Å². The molecule has 0 radical (unpaired) electrons. The smallest absolute Gasteiger partial charge is 0.306 e. The first-order valence-electron chi connectivity index (χ1n) is 23.6. The van der Waals surface area contributed by atoms with E-state index in [1.54, 1.807) is 0 Å².